The van der Waals surface area contributed by atoms with Crippen molar-refractivity contribution < 1.29 is 18.0 Å². The minimum Gasteiger partial charge on any atom is -0.397 e. The van der Waals surface area contributed by atoms with E-state index in [1.807, 2.05) is 18.2 Å². The number of pyridine rings is 1. The standard InChI is InChI=1S/C26H21F3N4O/c27-26(28,29)18-10-8-17(9-11-18)21-6-1-2-7-22(21)25(34)33-19-12-13-24(23(30)15-19)32-16-20-5-3-4-14-31-20/h1-15,32H,16,30H2,(H,33,34). The van der Waals surface area contributed by atoms with Crippen molar-refractivity contribution in [2.45, 2.75) is 12.7 Å². The van der Waals surface area contributed by atoms with Gasteiger partial charge in [-0.15, -0.1) is 0 Å². The van der Waals surface area contributed by atoms with E-state index in [1.165, 1.54) is 12.1 Å². The number of amides is 1. The number of alkyl halides is 3. The first-order valence-electron chi connectivity index (χ1n) is 10.4. The lowest BCUT2D eigenvalue weighted by atomic mass is 9.98. The van der Waals surface area contributed by atoms with Gasteiger partial charge in [-0.05, 0) is 59.7 Å². The lowest BCUT2D eigenvalue weighted by Crippen LogP contribution is -2.13. The normalized spacial score (nSPS) is 11.1. The molecule has 0 bridgehead atoms. The van der Waals surface area contributed by atoms with Crippen LogP contribution in [0.2, 0.25) is 0 Å². The summed E-state index contributed by atoms with van der Waals surface area (Å²) in [5.41, 5.74) is 9.27. The van der Waals surface area contributed by atoms with Gasteiger partial charge < -0.3 is 16.4 Å². The summed E-state index contributed by atoms with van der Waals surface area (Å²) < 4.78 is 38.7. The summed E-state index contributed by atoms with van der Waals surface area (Å²) in [6, 6.07) is 22.2. The topological polar surface area (TPSA) is 80.0 Å². The first-order chi connectivity index (χ1) is 16.3. The van der Waals surface area contributed by atoms with Crippen molar-refractivity contribution in [2.24, 2.45) is 0 Å². The Hall–Kier alpha value is -4.33. The smallest absolute Gasteiger partial charge is 0.397 e. The Morgan fingerprint density at radius 1 is 0.912 bits per heavy atom. The number of nitrogen functional groups attached to an aromatic ring is 1. The molecule has 8 heteroatoms. The summed E-state index contributed by atoms with van der Waals surface area (Å²) in [5, 5.41) is 6.01. The van der Waals surface area contributed by atoms with E-state index in [0.717, 1.165) is 17.8 Å². The van der Waals surface area contributed by atoms with E-state index in [9.17, 15) is 18.0 Å². The molecule has 0 aliphatic heterocycles. The first-order valence-corrected chi connectivity index (χ1v) is 10.4. The van der Waals surface area contributed by atoms with Crippen molar-refractivity contribution in [1.82, 2.24) is 4.98 Å². The van der Waals surface area contributed by atoms with Gasteiger partial charge in [0, 0.05) is 17.4 Å². The molecule has 0 aliphatic rings. The molecule has 0 saturated carbocycles. The zero-order valence-corrected chi connectivity index (χ0v) is 17.9. The van der Waals surface area contributed by atoms with E-state index in [1.54, 1.807) is 48.7 Å². The number of carbonyl (C=O) groups is 1. The number of hydrogen-bond donors (Lipinski definition) is 3. The van der Waals surface area contributed by atoms with Gasteiger partial charge in [0.1, 0.15) is 0 Å². The fourth-order valence-electron chi connectivity index (χ4n) is 3.46. The molecule has 172 valence electrons. The van der Waals surface area contributed by atoms with Gasteiger partial charge in [0.2, 0.25) is 0 Å². The number of halogens is 3. The van der Waals surface area contributed by atoms with Crippen LogP contribution in [0.25, 0.3) is 11.1 Å². The molecule has 0 unspecified atom stereocenters. The van der Waals surface area contributed by atoms with Crippen LogP contribution in [0.3, 0.4) is 0 Å². The minimum absolute atomic E-state index is 0.332. The van der Waals surface area contributed by atoms with Crippen molar-refractivity contribution in [3.8, 4) is 11.1 Å². The van der Waals surface area contributed by atoms with Crippen molar-refractivity contribution >= 4 is 23.0 Å². The quantitative estimate of drug-likeness (QED) is 0.298. The molecular formula is C26H21F3N4O. The minimum atomic E-state index is -4.42. The Kier molecular flexibility index (Phi) is 6.49. The van der Waals surface area contributed by atoms with Crippen LogP contribution >= 0.6 is 0 Å². The monoisotopic (exact) mass is 462 g/mol. The highest BCUT2D eigenvalue weighted by molar-refractivity contribution is 6.09. The van der Waals surface area contributed by atoms with E-state index in [0.29, 0.717) is 40.3 Å². The van der Waals surface area contributed by atoms with Crippen LogP contribution < -0.4 is 16.4 Å². The molecule has 0 saturated heterocycles. The van der Waals surface area contributed by atoms with Crippen molar-refractivity contribution in [3.63, 3.8) is 0 Å². The van der Waals surface area contributed by atoms with E-state index < -0.39 is 17.6 Å². The molecule has 0 spiro atoms. The molecule has 4 rings (SSSR count). The van der Waals surface area contributed by atoms with Crippen LogP contribution in [0.15, 0.2) is 91.1 Å². The maximum Gasteiger partial charge on any atom is 0.416 e. The summed E-state index contributed by atoms with van der Waals surface area (Å²) in [6.45, 7) is 0.497. The van der Waals surface area contributed by atoms with Gasteiger partial charge in [0.15, 0.2) is 0 Å². The van der Waals surface area contributed by atoms with Gasteiger partial charge >= 0.3 is 6.18 Å². The largest absolute Gasteiger partial charge is 0.416 e. The molecule has 0 radical (unpaired) electrons. The summed E-state index contributed by atoms with van der Waals surface area (Å²) >= 11 is 0. The number of rotatable bonds is 6. The van der Waals surface area contributed by atoms with Gasteiger partial charge in [-0.1, -0.05) is 36.4 Å². The zero-order valence-electron chi connectivity index (χ0n) is 17.9. The fraction of sp³-hybridized carbons (Fsp3) is 0.0769. The third-order valence-electron chi connectivity index (χ3n) is 5.19. The molecule has 1 aromatic heterocycles. The Morgan fingerprint density at radius 2 is 1.65 bits per heavy atom. The Morgan fingerprint density at radius 3 is 2.32 bits per heavy atom. The molecule has 1 amide bonds. The van der Waals surface area contributed by atoms with E-state index in [2.05, 4.69) is 15.6 Å². The predicted molar refractivity (Wildman–Crippen MR) is 127 cm³/mol. The number of nitrogens with one attached hydrogen (secondary N) is 2. The highest BCUT2D eigenvalue weighted by Gasteiger charge is 2.30. The van der Waals surface area contributed by atoms with Gasteiger partial charge in [0.25, 0.3) is 5.91 Å². The van der Waals surface area contributed by atoms with Crippen LogP contribution in [-0.2, 0) is 12.7 Å². The number of benzene rings is 3. The van der Waals surface area contributed by atoms with E-state index in [-0.39, 0.29) is 0 Å². The lowest BCUT2D eigenvalue weighted by molar-refractivity contribution is -0.137. The third-order valence-corrected chi connectivity index (χ3v) is 5.19. The molecule has 4 aromatic rings. The molecular weight excluding hydrogens is 441 g/mol. The molecule has 0 atom stereocenters. The maximum absolute atomic E-state index is 13.0. The Balaban J connectivity index is 1.49. The second-order valence-corrected chi connectivity index (χ2v) is 7.55. The molecule has 0 fully saturated rings. The van der Waals surface area contributed by atoms with E-state index in [4.69, 9.17) is 5.73 Å². The number of nitrogens with zero attached hydrogens (tertiary/aromatic N) is 1. The van der Waals surface area contributed by atoms with Crippen molar-refractivity contribution in [2.75, 3.05) is 16.4 Å². The van der Waals surface area contributed by atoms with Crippen molar-refractivity contribution in [3.05, 3.63) is 108 Å². The second-order valence-electron chi connectivity index (χ2n) is 7.55. The van der Waals surface area contributed by atoms with Gasteiger partial charge in [-0.3, -0.25) is 9.78 Å². The van der Waals surface area contributed by atoms with Gasteiger partial charge in [-0.2, -0.15) is 13.2 Å². The number of carbonyl (C=O) groups excluding carboxylic acids is 1. The van der Waals surface area contributed by atoms with Gasteiger partial charge in [0.05, 0.1) is 29.2 Å². The maximum atomic E-state index is 13.0. The van der Waals surface area contributed by atoms with Crippen LogP contribution in [-0.4, -0.2) is 10.9 Å². The number of hydrogen-bond acceptors (Lipinski definition) is 4. The number of anilines is 3. The highest BCUT2D eigenvalue weighted by Crippen LogP contribution is 2.32. The predicted octanol–water partition coefficient (Wildman–Crippen LogP) is 6.21. The average Bonchev–Trinajstić information content (AvgIpc) is 2.84. The summed E-state index contributed by atoms with van der Waals surface area (Å²) in [4.78, 5) is 17.2. The van der Waals surface area contributed by atoms with Crippen LogP contribution in [0.1, 0.15) is 21.6 Å². The molecule has 1 heterocycles. The summed E-state index contributed by atoms with van der Waals surface area (Å²) in [5.74, 6) is -0.399. The Bertz CT molecular complexity index is 1290. The van der Waals surface area contributed by atoms with Crippen molar-refractivity contribution in [1.29, 1.82) is 0 Å². The highest BCUT2D eigenvalue weighted by atomic mass is 19.4. The number of nitrogens with two attached hydrogens (primary N) is 1. The zero-order chi connectivity index (χ0) is 24.1. The molecule has 4 N–H and O–H groups in total. The molecule has 0 aliphatic carbocycles. The third kappa shape index (κ3) is 5.35. The van der Waals surface area contributed by atoms with E-state index >= 15 is 0 Å². The lowest BCUT2D eigenvalue weighted by Gasteiger charge is -2.14. The molecule has 5 nitrogen and oxygen atoms in total. The van der Waals surface area contributed by atoms with Crippen LogP contribution in [0.5, 0.6) is 0 Å². The second kappa shape index (κ2) is 9.66. The summed E-state index contributed by atoms with van der Waals surface area (Å²) in [7, 11) is 0. The van der Waals surface area contributed by atoms with Crippen LogP contribution in [0.4, 0.5) is 30.2 Å². The summed E-state index contributed by atoms with van der Waals surface area (Å²) in [6.07, 6.45) is -2.71. The molecule has 3 aromatic carbocycles. The van der Waals surface area contributed by atoms with Crippen LogP contribution in [0, 0.1) is 0 Å². The fourth-order valence-corrected chi connectivity index (χ4v) is 3.46. The number of aromatic nitrogens is 1. The average molecular weight is 462 g/mol. The Labute approximate surface area is 194 Å². The van der Waals surface area contributed by atoms with Gasteiger partial charge in [-0.25, -0.2) is 0 Å². The first kappa shape index (κ1) is 22.8. The SMILES string of the molecule is Nc1cc(NC(=O)c2ccccc2-c2ccc(C(F)(F)F)cc2)ccc1NCc1ccccn1. The molecule has 34 heavy (non-hydrogen) atoms.